The van der Waals surface area contributed by atoms with Crippen molar-refractivity contribution in [1.82, 2.24) is 0 Å². The van der Waals surface area contributed by atoms with Crippen LogP contribution in [0.5, 0.6) is 0 Å². The molecule has 0 aliphatic carbocycles. The Hall–Kier alpha value is -0.655. The summed E-state index contributed by atoms with van der Waals surface area (Å²) in [6, 6.07) is 5.62. The van der Waals surface area contributed by atoms with E-state index < -0.39 is 14.4 Å². The Balaban J connectivity index is 1.94. The van der Waals surface area contributed by atoms with E-state index in [2.05, 4.69) is 27.7 Å². The van der Waals surface area contributed by atoms with Crippen LogP contribution in [-0.4, -0.2) is 22.0 Å². The zero-order valence-electron chi connectivity index (χ0n) is 10.6. The number of hydrogen-bond donors (Lipinski definition) is 1. The van der Waals surface area contributed by atoms with Crippen molar-refractivity contribution in [2.75, 3.05) is 0 Å². The summed E-state index contributed by atoms with van der Waals surface area (Å²) in [5, 5.41) is 12.5. The van der Waals surface area contributed by atoms with Gasteiger partial charge in [0.05, 0.1) is 0 Å². The molecule has 0 unspecified atom stereocenters. The molecule has 1 N–H and O–H groups in total. The molecule has 1 saturated heterocycles. The van der Waals surface area contributed by atoms with Gasteiger partial charge < -0.3 is 5.02 Å². The molecule has 3 rings (SSSR count). The molecule has 0 spiro atoms. The zero-order valence-corrected chi connectivity index (χ0v) is 11.5. The van der Waals surface area contributed by atoms with Crippen LogP contribution in [0.15, 0.2) is 23.0 Å². The molecule has 2 aromatic carbocycles. The Morgan fingerprint density at radius 1 is 1.12 bits per heavy atom. The van der Waals surface area contributed by atoms with E-state index in [1.54, 1.807) is 0 Å². The van der Waals surface area contributed by atoms with E-state index in [9.17, 15) is 9.82 Å². The van der Waals surface area contributed by atoms with Crippen molar-refractivity contribution in [1.29, 1.82) is 0 Å². The van der Waals surface area contributed by atoms with Crippen LogP contribution in [0, 0.1) is 0 Å². The maximum absolute atomic E-state index is 11.3. The maximum Gasteiger partial charge on any atom is 0.354 e. The van der Waals surface area contributed by atoms with Gasteiger partial charge in [-0.25, -0.2) is 0 Å². The standard InChI is InChI=1S/C13H16BO2P/c1-12(2)13(3,4)17(12)14(16)8-5-6-9-10(7-8)11(9)15/h5-7,16H,1-4H3. The van der Waals surface area contributed by atoms with Gasteiger partial charge in [0.1, 0.15) is 0 Å². The first-order chi connectivity index (χ1) is 7.78. The summed E-state index contributed by atoms with van der Waals surface area (Å²) in [5.74, 6) is 0. The summed E-state index contributed by atoms with van der Waals surface area (Å²) in [5.41, 5.74) is 1.06. The van der Waals surface area contributed by atoms with Gasteiger partial charge in [-0.3, -0.25) is 4.79 Å². The highest BCUT2D eigenvalue weighted by atomic mass is 31.1. The van der Waals surface area contributed by atoms with Crippen molar-refractivity contribution in [3.8, 4) is 0 Å². The largest absolute Gasteiger partial charge is 0.443 e. The van der Waals surface area contributed by atoms with Crippen LogP contribution in [0.3, 0.4) is 0 Å². The van der Waals surface area contributed by atoms with Crippen LogP contribution in [0.2, 0.25) is 0 Å². The molecular formula is C13H16BO2P. The number of fused-ring (bicyclic) bond motifs is 1. The minimum atomic E-state index is -0.434. The van der Waals surface area contributed by atoms with Crippen LogP contribution in [0.25, 0.3) is 10.8 Å². The fourth-order valence-electron chi connectivity index (χ4n) is 2.78. The van der Waals surface area contributed by atoms with Gasteiger partial charge >= 0.3 is 6.64 Å². The molecule has 0 saturated carbocycles. The Morgan fingerprint density at radius 3 is 2.18 bits per heavy atom. The molecule has 0 aromatic heterocycles. The molecule has 1 heterocycles. The molecule has 2 aromatic rings. The predicted octanol–water partition coefficient (Wildman–Crippen LogP) is 1.82. The molecule has 1 aliphatic rings. The molecule has 0 radical (unpaired) electrons. The lowest BCUT2D eigenvalue weighted by Crippen LogP contribution is -2.26. The molecule has 0 amide bonds. The lowest BCUT2D eigenvalue weighted by Gasteiger charge is -2.08. The van der Waals surface area contributed by atoms with Crippen LogP contribution in [-0.2, 0) is 0 Å². The van der Waals surface area contributed by atoms with Gasteiger partial charge in [-0.2, -0.15) is 0 Å². The van der Waals surface area contributed by atoms with Gasteiger partial charge in [-0.05, 0) is 15.8 Å². The normalized spacial score (nSPS) is 22.2. The average molecular weight is 246 g/mol. The highest BCUT2D eigenvalue weighted by Gasteiger charge is 2.68. The van der Waals surface area contributed by atoms with E-state index in [1.165, 1.54) is 0 Å². The highest BCUT2D eigenvalue weighted by Crippen LogP contribution is 2.83. The van der Waals surface area contributed by atoms with Crippen molar-refractivity contribution >= 4 is 30.7 Å². The smallest absolute Gasteiger partial charge is 0.354 e. The molecule has 0 atom stereocenters. The van der Waals surface area contributed by atoms with Crippen LogP contribution < -0.4 is 10.9 Å². The maximum atomic E-state index is 11.3. The van der Waals surface area contributed by atoms with Gasteiger partial charge in [0, 0.05) is 10.8 Å². The number of rotatable bonds is 2. The fraction of sp³-hybridized carbons (Fsp3) is 0.462. The Kier molecular flexibility index (Phi) is 2.03. The zero-order chi connectivity index (χ0) is 12.6. The van der Waals surface area contributed by atoms with Gasteiger partial charge in [0.15, 0.2) is 5.43 Å². The van der Waals surface area contributed by atoms with E-state index in [1.807, 2.05) is 18.2 Å². The topological polar surface area (TPSA) is 37.3 Å². The van der Waals surface area contributed by atoms with Gasteiger partial charge in [-0.1, -0.05) is 53.7 Å². The monoisotopic (exact) mass is 246 g/mol. The summed E-state index contributed by atoms with van der Waals surface area (Å²) < 4.78 is 0. The SMILES string of the molecule is CC1(C)P(B(O)c2ccc3c(=O)c3c2)C1(C)C. The summed E-state index contributed by atoms with van der Waals surface area (Å²) >= 11 is 0. The van der Waals surface area contributed by atoms with Crippen molar-refractivity contribution in [2.24, 2.45) is 0 Å². The van der Waals surface area contributed by atoms with E-state index in [0.29, 0.717) is 0 Å². The summed E-state index contributed by atoms with van der Waals surface area (Å²) in [6.45, 7) is 8.50. The van der Waals surface area contributed by atoms with Crippen molar-refractivity contribution < 1.29 is 5.02 Å². The van der Waals surface area contributed by atoms with Crippen LogP contribution in [0.1, 0.15) is 27.7 Å². The second-order valence-corrected chi connectivity index (χ2v) is 9.46. The third-order valence-corrected chi connectivity index (χ3v) is 8.76. The third-order valence-electron chi connectivity index (χ3n) is 4.66. The average Bonchev–Trinajstić information content (AvgIpc) is 3.00. The first-order valence-corrected chi connectivity index (χ1v) is 7.36. The minimum Gasteiger partial charge on any atom is -0.443 e. The molecule has 1 aliphatic heterocycles. The fourth-order valence-corrected chi connectivity index (χ4v) is 6.55. The number of hydrogen-bond acceptors (Lipinski definition) is 2. The third kappa shape index (κ3) is 1.33. The van der Waals surface area contributed by atoms with Crippen LogP contribution >= 0.6 is 7.80 Å². The molecule has 88 valence electrons. The number of benzene rings is 1. The second-order valence-electron chi connectivity index (χ2n) is 6.00. The first-order valence-electron chi connectivity index (χ1n) is 5.94. The van der Waals surface area contributed by atoms with Crippen molar-refractivity contribution in [3.63, 3.8) is 0 Å². The predicted molar refractivity (Wildman–Crippen MR) is 75.3 cm³/mol. The Labute approximate surface area is 103 Å². The summed E-state index contributed by atoms with van der Waals surface area (Å²) in [4.78, 5) is 11.3. The molecule has 0 bridgehead atoms. The lowest BCUT2D eigenvalue weighted by atomic mass is 9.87. The van der Waals surface area contributed by atoms with Crippen LogP contribution in [0.4, 0.5) is 0 Å². The van der Waals surface area contributed by atoms with E-state index >= 15 is 0 Å². The Morgan fingerprint density at radius 2 is 1.71 bits per heavy atom. The van der Waals surface area contributed by atoms with Gasteiger partial charge in [0.2, 0.25) is 0 Å². The van der Waals surface area contributed by atoms with Gasteiger partial charge in [0.25, 0.3) is 0 Å². The van der Waals surface area contributed by atoms with Gasteiger partial charge in [-0.15, -0.1) is 0 Å². The summed E-state index contributed by atoms with van der Waals surface area (Å²) in [7, 11) is -0.434. The molecular weight excluding hydrogens is 230 g/mol. The quantitative estimate of drug-likeness (QED) is 0.648. The highest BCUT2D eigenvalue weighted by molar-refractivity contribution is 7.99. The minimum absolute atomic E-state index is 0.144. The first kappa shape index (κ1) is 11.4. The summed E-state index contributed by atoms with van der Waals surface area (Å²) in [6.07, 6.45) is 0. The Bertz CT molecular complexity index is 608. The molecule has 2 nitrogen and oxygen atoms in total. The second kappa shape index (κ2) is 3.02. The molecule has 1 fully saturated rings. The molecule has 17 heavy (non-hydrogen) atoms. The molecule has 4 heteroatoms. The van der Waals surface area contributed by atoms with Crippen molar-refractivity contribution in [2.45, 2.75) is 38.0 Å². The lowest BCUT2D eigenvalue weighted by molar-refractivity contribution is 0.607. The van der Waals surface area contributed by atoms with E-state index in [0.717, 1.165) is 16.2 Å². The van der Waals surface area contributed by atoms with Crippen molar-refractivity contribution in [3.05, 3.63) is 28.4 Å². The van der Waals surface area contributed by atoms with E-state index in [4.69, 9.17) is 0 Å². The van der Waals surface area contributed by atoms with E-state index in [-0.39, 0.29) is 15.7 Å².